The second kappa shape index (κ2) is 5.45. The minimum absolute atomic E-state index is 0.0272. The zero-order chi connectivity index (χ0) is 19.6. The highest BCUT2D eigenvalue weighted by molar-refractivity contribution is 6.23. The van der Waals surface area contributed by atoms with Crippen molar-refractivity contribution in [1.82, 2.24) is 9.88 Å². The summed E-state index contributed by atoms with van der Waals surface area (Å²) < 4.78 is 0. The number of rotatable bonds is 2. The number of carboxylic acids is 1. The van der Waals surface area contributed by atoms with Crippen molar-refractivity contribution in [3.63, 3.8) is 0 Å². The molecule has 0 spiro atoms. The summed E-state index contributed by atoms with van der Waals surface area (Å²) in [7, 11) is 0. The number of carbonyl (C=O) groups is 3. The van der Waals surface area contributed by atoms with Gasteiger partial charge >= 0.3 is 12.0 Å². The maximum absolute atomic E-state index is 13.5. The number of carboxylic acid groups (broad SMARTS) is 1. The van der Waals surface area contributed by atoms with Crippen molar-refractivity contribution >= 4 is 34.5 Å². The first kappa shape index (κ1) is 16.6. The Kier molecular flexibility index (Phi) is 3.22. The van der Waals surface area contributed by atoms with Crippen LogP contribution >= 0.6 is 0 Å². The molecule has 2 aliphatic heterocycles. The number of aromatic carboxylic acids is 1. The molecular weight excluding hydrogens is 358 g/mol. The van der Waals surface area contributed by atoms with Gasteiger partial charge in [-0.2, -0.15) is 0 Å². The molecular formula is C21H17N3O4. The average Bonchev–Trinajstić information content (AvgIpc) is 3.16. The minimum Gasteiger partial charge on any atom is -0.478 e. The number of nitrogens with zero attached hydrogens (tertiary/aromatic N) is 2. The number of aromatic amines is 1. The molecule has 3 heterocycles. The molecule has 3 aromatic rings. The van der Waals surface area contributed by atoms with Crippen LogP contribution in [0.15, 0.2) is 48.5 Å². The van der Waals surface area contributed by atoms with Gasteiger partial charge in [0.05, 0.1) is 16.9 Å². The summed E-state index contributed by atoms with van der Waals surface area (Å²) >= 11 is 0. The van der Waals surface area contributed by atoms with Gasteiger partial charge in [-0.1, -0.05) is 24.3 Å². The zero-order valence-corrected chi connectivity index (χ0v) is 15.1. The van der Waals surface area contributed by atoms with Crippen LogP contribution in [0, 0.1) is 0 Å². The summed E-state index contributed by atoms with van der Waals surface area (Å²) in [6.45, 7) is 2.17. The first-order chi connectivity index (χ1) is 13.4. The van der Waals surface area contributed by atoms with Gasteiger partial charge in [-0.25, -0.2) is 14.5 Å². The molecule has 1 aromatic heterocycles. The second-order valence-electron chi connectivity index (χ2n) is 7.28. The predicted molar refractivity (Wildman–Crippen MR) is 102 cm³/mol. The van der Waals surface area contributed by atoms with Gasteiger partial charge in [0.1, 0.15) is 0 Å². The number of hydrogen-bond donors (Lipinski definition) is 2. The number of hydrogen-bond acceptors (Lipinski definition) is 3. The number of benzene rings is 2. The van der Waals surface area contributed by atoms with Crippen LogP contribution in [-0.4, -0.2) is 39.4 Å². The van der Waals surface area contributed by atoms with E-state index in [4.69, 9.17) is 0 Å². The molecule has 1 saturated heterocycles. The van der Waals surface area contributed by atoms with Gasteiger partial charge in [0.25, 0.3) is 5.91 Å². The Balaban J connectivity index is 1.67. The van der Waals surface area contributed by atoms with Crippen molar-refractivity contribution in [2.75, 3.05) is 11.4 Å². The van der Waals surface area contributed by atoms with Gasteiger partial charge < -0.3 is 15.0 Å². The SMILES string of the molecule is C[C@]12C(=O)N(c3cccc(C(=O)O)c3)C(=O)N1CCc1c2[nH]c2ccccc12. The summed E-state index contributed by atoms with van der Waals surface area (Å²) in [6, 6.07) is 13.3. The molecule has 0 saturated carbocycles. The number of para-hydroxylation sites is 1. The Morgan fingerprint density at radius 3 is 2.71 bits per heavy atom. The number of imide groups is 1. The highest BCUT2D eigenvalue weighted by atomic mass is 16.4. The quantitative estimate of drug-likeness (QED) is 0.673. The Morgan fingerprint density at radius 1 is 1.14 bits per heavy atom. The van der Waals surface area contributed by atoms with E-state index in [0.29, 0.717) is 13.0 Å². The van der Waals surface area contributed by atoms with Crippen LogP contribution in [0.2, 0.25) is 0 Å². The first-order valence-electron chi connectivity index (χ1n) is 9.02. The standard InChI is InChI=1S/C21H17N3O4/c1-21-17-15(14-7-2-3-8-16(14)22-17)9-10-23(21)20(28)24(19(21)27)13-6-4-5-12(11-13)18(25)26/h2-8,11,22H,9-10H2,1H3,(H,25,26)/t21-/m0/s1. The minimum atomic E-state index is -1.15. The van der Waals surface area contributed by atoms with Crippen LogP contribution < -0.4 is 4.90 Å². The summed E-state index contributed by atoms with van der Waals surface area (Å²) in [5.74, 6) is -1.49. The molecule has 0 radical (unpaired) electrons. The fourth-order valence-corrected chi connectivity index (χ4v) is 4.40. The maximum Gasteiger partial charge on any atom is 0.335 e. The molecule has 7 nitrogen and oxygen atoms in total. The van der Waals surface area contributed by atoms with Crippen LogP contribution in [0.4, 0.5) is 10.5 Å². The van der Waals surface area contributed by atoms with Gasteiger partial charge in [0.15, 0.2) is 5.54 Å². The van der Waals surface area contributed by atoms with E-state index in [1.165, 1.54) is 18.2 Å². The van der Waals surface area contributed by atoms with Crippen LogP contribution in [0.3, 0.4) is 0 Å². The van der Waals surface area contributed by atoms with E-state index < -0.39 is 17.5 Å². The lowest BCUT2D eigenvalue weighted by atomic mass is 9.87. The molecule has 1 fully saturated rings. The van der Waals surface area contributed by atoms with Gasteiger partial charge in [-0.15, -0.1) is 0 Å². The van der Waals surface area contributed by atoms with Crippen LogP contribution in [0.1, 0.15) is 28.5 Å². The van der Waals surface area contributed by atoms with Crippen LogP contribution in [-0.2, 0) is 16.8 Å². The molecule has 140 valence electrons. The molecule has 28 heavy (non-hydrogen) atoms. The van der Waals surface area contributed by atoms with Gasteiger partial charge in [0, 0.05) is 17.4 Å². The number of fused-ring (bicyclic) bond motifs is 5. The number of nitrogens with one attached hydrogen (secondary N) is 1. The molecule has 2 N–H and O–H groups in total. The van der Waals surface area contributed by atoms with Crippen molar-refractivity contribution in [1.29, 1.82) is 0 Å². The summed E-state index contributed by atoms with van der Waals surface area (Å²) in [5, 5.41) is 10.3. The molecule has 2 aliphatic rings. The second-order valence-corrected chi connectivity index (χ2v) is 7.28. The smallest absolute Gasteiger partial charge is 0.335 e. The fraction of sp³-hybridized carbons (Fsp3) is 0.190. The van der Waals surface area contributed by atoms with E-state index in [0.717, 1.165) is 27.1 Å². The molecule has 7 heteroatoms. The topological polar surface area (TPSA) is 93.7 Å². The molecule has 2 aromatic carbocycles. The Hall–Kier alpha value is -3.61. The molecule has 0 bridgehead atoms. The number of carbonyl (C=O) groups excluding carboxylic acids is 2. The number of amides is 3. The van der Waals surface area contributed by atoms with Crippen molar-refractivity contribution < 1.29 is 19.5 Å². The third-order valence-electron chi connectivity index (χ3n) is 5.82. The molecule has 5 rings (SSSR count). The third-order valence-corrected chi connectivity index (χ3v) is 5.82. The molecule has 3 amide bonds. The Morgan fingerprint density at radius 2 is 1.93 bits per heavy atom. The van der Waals surface area contributed by atoms with E-state index in [1.807, 2.05) is 24.3 Å². The first-order valence-corrected chi connectivity index (χ1v) is 9.02. The van der Waals surface area contributed by atoms with Crippen molar-refractivity contribution in [3.8, 4) is 0 Å². The molecule has 0 aliphatic carbocycles. The van der Waals surface area contributed by atoms with Gasteiger partial charge in [0.2, 0.25) is 0 Å². The molecule has 0 unspecified atom stereocenters. The number of anilines is 1. The van der Waals surface area contributed by atoms with E-state index >= 15 is 0 Å². The fourth-order valence-electron chi connectivity index (χ4n) is 4.40. The maximum atomic E-state index is 13.5. The van der Waals surface area contributed by atoms with Crippen molar-refractivity contribution in [2.45, 2.75) is 18.9 Å². The zero-order valence-electron chi connectivity index (χ0n) is 15.1. The largest absolute Gasteiger partial charge is 0.478 e. The highest BCUT2D eigenvalue weighted by Crippen LogP contribution is 2.45. The lowest BCUT2D eigenvalue weighted by Crippen LogP contribution is -2.49. The molecule has 1 atom stereocenters. The predicted octanol–water partition coefficient (Wildman–Crippen LogP) is 3.11. The Bertz CT molecular complexity index is 1180. The van der Waals surface area contributed by atoms with Crippen molar-refractivity contribution in [2.24, 2.45) is 0 Å². The lowest BCUT2D eigenvalue weighted by molar-refractivity contribution is -0.125. The van der Waals surface area contributed by atoms with Crippen LogP contribution in [0.25, 0.3) is 10.9 Å². The summed E-state index contributed by atoms with van der Waals surface area (Å²) in [6.07, 6.45) is 0.650. The Labute approximate surface area is 160 Å². The summed E-state index contributed by atoms with van der Waals surface area (Å²) in [5.41, 5.74) is 1.86. The number of urea groups is 1. The van der Waals surface area contributed by atoms with Gasteiger partial charge in [-0.3, -0.25) is 4.79 Å². The van der Waals surface area contributed by atoms with Crippen LogP contribution in [0.5, 0.6) is 0 Å². The third kappa shape index (κ3) is 1.95. The average molecular weight is 375 g/mol. The van der Waals surface area contributed by atoms with Crippen molar-refractivity contribution in [3.05, 3.63) is 65.4 Å². The van der Waals surface area contributed by atoms with E-state index in [2.05, 4.69) is 4.98 Å². The monoisotopic (exact) mass is 375 g/mol. The number of H-pyrrole nitrogens is 1. The van der Waals surface area contributed by atoms with E-state index in [1.54, 1.807) is 17.9 Å². The van der Waals surface area contributed by atoms with Gasteiger partial charge in [-0.05, 0) is 43.2 Å². The lowest BCUT2D eigenvalue weighted by Gasteiger charge is -2.35. The van der Waals surface area contributed by atoms with E-state index in [-0.39, 0.29) is 17.2 Å². The van der Waals surface area contributed by atoms with E-state index in [9.17, 15) is 19.5 Å². The summed E-state index contributed by atoms with van der Waals surface area (Å²) in [4.78, 5) is 43.9. The number of aromatic nitrogens is 1. The highest BCUT2D eigenvalue weighted by Gasteiger charge is 2.59. The normalized spacial score (nSPS) is 21.2.